The lowest BCUT2D eigenvalue weighted by Crippen LogP contribution is -2.58. The summed E-state index contributed by atoms with van der Waals surface area (Å²) in [7, 11) is 0. The normalized spacial score (nSPS) is 25.3. The number of hydrogen-bond acceptors (Lipinski definition) is 4. The van der Waals surface area contributed by atoms with Gasteiger partial charge in [0.05, 0.1) is 19.1 Å². The highest BCUT2D eigenvalue weighted by Crippen LogP contribution is 2.23. The first kappa shape index (κ1) is 12.8. The van der Waals surface area contributed by atoms with Crippen molar-refractivity contribution in [2.75, 3.05) is 19.6 Å². The molecule has 7 heteroatoms. The molecule has 2 aliphatic heterocycles. The van der Waals surface area contributed by atoms with E-state index in [0.717, 1.165) is 6.42 Å². The topological polar surface area (TPSA) is 98.2 Å². The number of piperazine rings is 1. The Morgan fingerprint density at radius 2 is 2.17 bits per heavy atom. The summed E-state index contributed by atoms with van der Waals surface area (Å²) in [5.41, 5.74) is 0. The number of aliphatic hydroxyl groups is 1. The molecular weight excluding hydrogens is 240 g/mol. The lowest BCUT2D eigenvalue weighted by Gasteiger charge is -2.37. The van der Waals surface area contributed by atoms with Crippen LogP contribution in [0.3, 0.4) is 0 Å². The van der Waals surface area contributed by atoms with E-state index in [1.165, 1.54) is 4.90 Å². The Morgan fingerprint density at radius 1 is 1.44 bits per heavy atom. The van der Waals surface area contributed by atoms with Crippen LogP contribution < -0.4 is 0 Å². The number of carboxylic acids is 1. The molecule has 2 amide bonds. The second kappa shape index (κ2) is 4.93. The summed E-state index contributed by atoms with van der Waals surface area (Å²) in [6.07, 6.45) is -0.0944. The molecule has 2 aliphatic rings. The Labute approximate surface area is 104 Å². The zero-order valence-corrected chi connectivity index (χ0v) is 9.91. The van der Waals surface area contributed by atoms with E-state index >= 15 is 0 Å². The molecule has 0 radical (unpaired) electrons. The van der Waals surface area contributed by atoms with E-state index in [1.807, 2.05) is 0 Å². The van der Waals surface area contributed by atoms with Crippen LogP contribution in [0.4, 0.5) is 0 Å². The molecular formula is C11H16N2O5. The van der Waals surface area contributed by atoms with Gasteiger partial charge in [0, 0.05) is 13.1 Å². The molecule has 2 atom stereocenters. The molecule has 2 heterocycles. The molecule has 2 rings (SSSR count). The van der Waals surface area contributed by atoms with Crippen molar-refractivity contribution in [2.24, 2.45) is 0 Å². The minimum atomic E-state index is -1.13. The van der Waals surface area contributed by atoms with E-state index in [0.29, 0.717) is 13.0 Å². The number of aliphatic carboxylic acids is 1. The quantitative estimate of drug-likeness (QED) is 0.648. The summed E-state index contributed by atoms with van der Waals surface area (Å²) < 4.78 is 0. The van der Waals surface area contributed by atoms with Gasteiger partial charge in [0.2, 0.25) is 11.8 Å². The van der Waals surface area contributed by atoms with E-state index in [4.69, 9.17) is 5.11 Å². The Hall–Kier alpha value is -1.63. The second-order valence-electron chi connectivity index (χ2n) is 4.72. The van der Waals surface area contributed by atoms with Crippen molar-refractivity contribution in [3.05, 3.63) is 0 Å². The predicted molar refractivity (Wildman–Crippen MR) is 59.6 cm³/mol. The summed E-state index contributed by atoms with van der Waals surface area (Å²) in [6.45, 7) is 0.452. The molecule has 2 saturated heterocycles. The van der Waals surface area contributed by atoms with Gasteiger partial charge in [-0.3, -0.25) is 14.4 Å². The van der Waals surface area contributed by atoms with Gasteiger partial charge in [0.1, 0.15) is 6.04 Å². The molecule has 0 saturated carbocycles. The van der Waals surface area contributed by atoms with Crippen LogP contribution >= 0.6 is 0 Å². The largest absolute Gasteiger partial charge is 0.481 e. The third-order valence-electron chi connectivity index (χ3n) is 3.34. The maximum absolute atomic E-state index is 12.0. The molecule has 0 aliphatic carbocycles. The van der Waals surface area contributed by atoms with Crippen molar-refractivity contribution < 1.29 is 24.6 Å². The molecule has 0 aromatic rings. The monoisotopic (exact) mass is 256 g/mol. The number of carbonyl (C=O) groups excluding carboxylic acids is 2. The third kappa shape index (κ3) is 2.45. The number of rotatable bonds is 4. The molecule has 2 fully saturated rings. The number of β-amino-alcohol motifs (C(OH)–C–C–N with tert-alkyl or cyclic N) is 1. The molecule has 0 bridgehead atoms. The van der Waals surface area contributed by atoms with Crippen LogP contribution in [0.25, 0.3) is 0 Å². The van der Waals surface area contributed by atoms with Crippen LogP contribution in [0.1, 0.15) is 19.3 Å². The minimum Gasteiger partial charge on any atom is -0.481 e. The summed E-state index contributed by atoms with van der Waals surface area (Å²) in [5, 5.41) is 18.1. The van der Waals surface area contributed by atoms with Crippen molar-refractivity contribution in [1.82, 2.24) is 9.80 Å². The lowest BCUT2D eigenvalue weighted by molar-refractivity contribution is -0.155. The van der Waals surface area contributed by atoms with Crippen LogP contribution in [0, 0.1) is 0 Å². The van der Waals surface area contributed by atoms with Gasteiger partial charge in [0.25, 0.3) is 0 Å². The van der Waals surface area contributed by atoms with Crippen LogP contribution in [0.15, 0.2) is 0 Å². The summed E-state index contributed by atoms with van der Waals surface area (Å²) in [6, 6.07) is -0.414. The van der Waals surface area contributed by atoms with Crippen LogP contribution in [0.5, 0.6) is 0 Å². The van der Waals surface area contributed by atoms with Gasteiger partial charge in [0.15, 0.2) is 0 Å². The summed E-state index contributed by atoms with van der Waals surface area (Å²) >= 11 is 0. The molecule has 0 aromatic carbocycles. The van der Waals surface area contributed by atoms with Crippen LogP contribution in [-0.4, -0.2) is 69.6 Å². The average molecular weight is 256 g/mol. The first-order valence-electron chi connectivity index (χ1n) is 5.97. The molecule has 100 valence electrons. The van der Waals surface area contributed by atoms with Gasteiger partial charge in [-0.2, -0.15) is 0 Å². The van der Waals surface area contributed by atoms with E-state index in [2.05, 4.69) is 0 Å². The fourth-order valence-corrected chi connectivity index (χ4v) is 2.54. The van der Waals surface area contributed by atoms with Gasteiger partial charge >= 0.3 is 5.97 Å². The average Bonchev–Trinajstić information content (AvgIpc) is 2.73. The van der Waals surface area contributed by atoms with E-state index in [-0.39, 0.29) is 24.9 Å². The molecule has 0 aromatic heterocycles. The van der Waals surface area contributed by atoms with Gasteiger partial charge in [-0.05, 0) is 12.8 Å². The van der Waals surface area contributed by atoms with Gasteiger partial charge < -0.3 is 20.0 Å². The second-order valence-corrected chi connectivity index (χ2v) is 4.72. The lowest BCUT2D eigenvalue weighted by atomic mass is 10.1. The first-order chi connectivity index (χ1) is 8.49. The fraction of sp³-hybridized carbons (Fsp3) is 0.727. The number of fused-ring (bicyclic) bond motifs is 1. The van der Waals surface area contributed by atoms with E-state index in [1.54, 1.807) is 4.90 Å². The minimum absolute atomic E-state index is 0.0635. The number of carbonyl (C=O) groups is 3. The first-order valence-corrected chi connectivity index (χ1v) is 5.97. The van der Waals surface area contributed by atoms with Gasteiger partial charge in [-0.25, -0.2) is 0 Å². The number of aliphatic hydroxyl groups excluding tert-OH is 1. The molecule has 2 unspecified atom stereocenters. The van der Waals surface area contributed by atoms with Crippen molar-refractivity contribution in [2.45, 2.75) is 31.4 Å². The molecule has 0 spiro atoms. The maximum atomic E-state index is 12.0. The maximum Gasteiger partial charge on any atom is 0.306 e. The number of hydrogen-bond donors (Lipinski definition) is 2. The van der Waals surface area contributed by atoms with Crippen molar-refractivity contribution in [1.29, 1.82) is 0 Å². The van der Waals surface area contributed by atoms with E-state index < -0.39 is 24.5 Å². The van der Waals surface area contributed by atoms with Crippen LogP contribution in [-0.2, 0) is 14.4 Å². The Bertz CT molecular complexity index is 384. The molecule has 7 nitrogen and oxygen atoms in total. The smallest absolute Gasteiger partial charge is 0.306 e. The Balaban J connectivity index is 1.99. The SMILES string of the molecule is O=C(O)CC(O)CN1CC(=O)N2CCCC2C1=O. The van der Waals surface area contributed by atoms with Crippen molar-refractivity contribution in [3.63, 3.8) is 0 Å². The highest BCUT2D eigenvalue weighted by molar-refractivity contribution is 5.95. The molecule has 18 heavy (non-hydrogen) atoms. The molecule has 2 N–H and O–H groups in total. The van der Waals surface area contributed by atoms with Gasteiger partial charge in [-0.15, -0.1) is 0 Å². The van der Waals surface area contributed by atoms with Gasteiger partial charge in [-0.1, -0.05) is 0 Å². The van der Waals surface area contributed by atoms with E-state index in [9.17, 15) is 19.5 Å². The highest BCUT2D eigenvalue weighted by atomic mass is 16.4. The standard InChI is InChI=1S/C11H16N2O5/c14-7(4-10(16)17)5-12-6-9(15)13-3-1-2-8(13)11(12)18/h7-8,14H,1-6H2,(H,16,17). The summed E-state index contributed by atoms with van der Waals surface area (Å²) in [4.78, 5) is 37.1. The summed E-state index contributed by atoms with van der Waals surface area (Å²) in [5.74, 6) is -1.43. The third-order valence-corrected chi connectivity index (χ3v) is 3.34. The highest BCUT2D eigenvalue weighted by Gasteiger charge is 2.42. The predicted octanol–water partition coefficient (Wildman–Crippen LogP) is -1.34. The Morgan fingerprint density at radius 3 is 2.83 bits per heavy atom. The number of amides is 2. The number of carboxylic acid groups (broad SMARTS) is 1. The zero-order chi connectivity index (χ0) is 13.3. The zero-order valence-electron chi connectivity index (χ0n) is 9.91. The number of nitrogens with zero attached hydrogens (tertiary/aromatic N) is 2. The fourth-order valence-electron chi connectivity index (χ4n) is 2.54. The Kier molecular flexibility index (Phi) is 3.51. The van der Waals surface area contributed by atoms with Crippen molar-refractivity contribution in [3.8, 4) is 0 Å². The van der Waals surface area contributed by atoms with Crippen molar-refractivity contribution >= 4 is 17.8 Å². The van der Waals surface area contributed by atoms with Crippen LogP contribution in [0.2, 0.25) is 0 Å².